The van der Waals surface area contributed by atoms with Crippen LogP contribution in [0.15, 0.2) is 83.8 Å². The lowest BCUT2D eigenvalue weighted by Crippen LogP contribution is -2.32. The van der Waals surface area contributed by atoms with Crippen molar-refractivity contribution in [3.63, 3.8) is 0 Å². The van der Waals surface area contributed by atoms with E-state index in [-0.39, 0.29) is 36.6 Å². The molecule has 1 aliphatic rings. The summed E-state index contributed by atoms with van der Waals surface area (Å²) in [5, 5.41) is 10.6. The summed E-state index contributed by atoms with van der Waals surface area (Å²) < 4.78 is 11.3. The first-order valence-electron chi connectivity index (χ1n) is 10.4. The van der Waals surface area contributed by atoms with Crippen LogP contribution in [0.4, 0.5) is 10.5 Å². The van der Waals surface area contributed by atoms with Gasteiger partial charge in [0.1, 0.15) is 24.7 Å². The second-order valence-electron chi connectivity index (χ2n) is 7.28. The predicted octanol–water partition coefficient (Wildman–Crippen LogP) is 5.29. The molecule has 172 valence electrons. The van der Waals surface area contributed by atoms with Crippen LogP contribution in [0.5, 0.6) is 11.5 Å². The van der Waals surface area contributed by atoms with Gasteiger partial charge in [-0.3, -0.25) is 24.6 Å². The number of hydrogen-bond donors (Lipinski definition) is 0. The first-order chi connectivity index (χ1) is 16.5. The number of rotatable bonds is 9. The zero-order chi connectivity index (χ0) is 23.9. The Hall–Kier alpha value is -4.11. The molecule has 0 bridgehead atoms. The van der Waals surface area contributed by atoms with E-state index in [9.17, 15) is 19.7 Å². The van der Waals surface area contributed by atoms with E-state index in [1.54, 1.807) is 42.5 Å². The van der Waals surface area contributed by atoms with Gasteiger partial charge in [-0.05, 0) is 53.2 Å². The van der Waals surface area contributed by atoms with Gasteiger partial charge in [0, 0.05) is 12.1 Å². The van der Waals surface area contributed by atoms with Crippen LogP contribution in [-0.4, -0.2) is 34.1 Å². The van der Waals surface area contributed by atoms with Crippen LogP contribution in [0.2, 0.25) is 0 Å². The molecule has 0 radical (unpaired) electrons. The van der Waals surface area contributed by atoms with Crippen LogP contribution in [0.3, 0.4) is 0 Å². The lowest BCUT2D eigenvalue weighted by Gasteiger charge is -2.13. The molecule has 3 aromatic carbocycles. The van der Waals surface area contributed by atoms with E-state index in [0.29, 0.717) is 22.0 Å². The molecule has 1 saturated heterocycles. The van der Waals surface area contributed by atoms with Crippen molar-refractivity contribution in [2.45, 2.75) is 6.61 Å². The summed E-state index contributed by atoms with van der Waals surface area (Å²) in [6.07, 6.45) is 1.66. The molecule has 0 spiro atoms. The third-order valence-electron chi connectivity index (χ3n) is 4.91. The third-order valence-corrected chi connectivity index (χ3v) is 5.81. The molecule has 0 unspecified atom stereocenters. The highest BCUT2D eigenvalue weighted by Gasteiger charge is 2.34. The molecule has 0 aromatic heterocycles. The van der Waals surface area contributed by atoms with Gasteiger partial charge in [-0.15, -0.1) is 0 Å². The van der Waals surface area contributed by atoms with E-state index < -0.39 is 4.92 Å². The summed E-state index contributed by atoms with van der Waals surface area (Å²) in [7, 11) is 0. The summed E-state index contributed by atoms with van der Waals surface area (Å²) in [5.74, 6) is 0.908. The number of ether oxygens (including phenoxy) is 2. The molecule has 1 aliphatic heterocycles. The molecule has 0 aliphatic carbocycles. The van der Waals surface area contributed by atoms with E-state index in [2.05, 4.69) is 0 Å². The van der Waals surface area contributed by atoms with Crippen molar-refractivity contribution in [3.8, 4) is 11.5 Å². The highest BCUT2D eigenvalue weighted by Crippen LogP contribution is 2.32. The maximum atomic E-state index is 12.7. The quantitative estimate of drug-likeness (QED) is 0.235. The van der Waals surface area contributed by atoms with Gasteiger partial charge in [-0.1, -0.05) is 42.5 Å². The number of thioether (sulfide) groups is 1. The Bertz CT molecular complexity index is 1230. The second kappa shape index (κ2) is 10.7. The average molecular weight is 477 g/mol. The van der Waals surface area contributed by atoms with Gasteiger partial charge in [0.2, 0.25) is 0 Å². The zero-order valence-corrected chi connectivity index (χ0v) is 18.8. The van der Waals surface area contributed by atoms with Crippen molar-refractivity contribution in [3.05, 3.63) is 105 Å². The van der Waals surface area contributed by atoms with E-state index in [1.165, 1.54) is 17.0 Å². The largest absolute Gasteiger partial charge is 0.492 e. The van der Waals surface area contributed by atoms with Gasteiger partial charge in [-0.25, -0.2) is 0 Å². The fraction of sp³-hybridized carbons (Fsp3) is 0.120. The average Bonchev–Trinajstić information content (AvgIpc) is 3.11. The van der Waals surface area contributed by atoms with E-state index in [0.717, 1.165) is 17.3 Å². The normalized spacial score (nSPS) is 14.5. The van der Waals surface area contributed by atoms with Crippen molar-refractivity contribution in [2.75, 3.05) is 13.2 Å². The first kappa shape index (κ1) is 23.1. The van der Waals surface area contributed by atoms with Gasteiger partial charge in [-0.2, -0.15) is 0 Å². The highest BCUT2D eigenvalue weighted by atomic mass is 32.2. The minimum atomic E-state index is -0.448. The molecule has 2 amide bonds. The minimum absolute atomic E-state index is 0.0111. The number of non-ortho nitro benzene ring substituents is 1. The van der Waals surface area contributed by atoms with Crippen molar-refractivity contribution in [1.29, 1.82) is 0 Å². The molecule has 34 heavy (non-hydrogen) atoms. The molecule has 0 saturated carbocycles. The number of carbonyl (C=O) groups excluding carboxylic acids is 2. The molecule has 1 heterocycles. The van der Waals surface area contributed by atoms with Gasteiger partial charge in [0.25, 0.3) is 16.8 Å². The maximum Gasteiger partial charge on any atom is 0.293 e. The molecular weight excluding hydrogens is 456 g/mol. The molecule has 8 nitrogen and oxygen atoms in total. The summed E-state index contributed by atoms with van der Waals surface area (Å²) in [6, 6.07) is 22.5. The Morgan fingerprint density at radius 1 is 0.912 bits per heavy atom. The second-order valence-corrected chi connectivity index (χ2v) is 8.27. The number of benzene rings is 3. The maximum absolute atomic E-state index is 12.7. The van der Waals surface area contributed by atoms with Gasteiger partial charge < -0.3 is 9.47 Å². The Balaban J connectivity index is 1.32. The summed E-state index contributed by atoms with van der Waals surface area (Å²) in [5.41, 5.74) is 1.44. The molecule has 3 aromatic rings. The lowest BCUT2D eigenvalue weighted by molar-refractivity contribution is -0.384. The molecule has 0 N–H and O–H groups in total. The van der Waals surface area contributed by atoms with Gasteiger partial charge >= 0.3 is 0 Å². The number of amides is 2. The van der Waals surface area contributed by atoms with Crippen LogP contribution >= 0.6 is 11.8 Å². The van der Waals surface area contributed by atoms with Crippen molar-refractivity contribution >= 4 is 34.7 Å². The standard InChI is InChI=1S/C25H20N2O6S/c28-24-23(34-25(29)26(24)13-14-32-21-7-2-1-3-8-21)16-18-9-11-22(12-10-18)33-17-19-5-4-6-20(15-19)27(30)31/h1-12,15-16H,13-14,17H2/b23-16-. The zero-order valence-electron chi connectivity index (χ0n) is 18.0. The highest BCUT2D eigenvalue weighted by molar-refractivity contribution is 8.18. The predicted molar refractivity (Wildman–Crippen MR) is 128 cm³/mol. The summed E-state index contributed by atoms with van der Waals surface area (Å²) in [6.45, 7) is 0.568. The van der Waals surface area contributed by atoms with Crippen LogP contribution in [-0.2, 0) is 11.4 Å². The molecule has 4 rings (SSSR count). The van der Waals surface area contributed by atoms with Crippen molar-refractivity contribution in [2.24, 2.45) is 0 Å². The number of para-hydroxylation sites is 1. The monoisotopic (exact) mass is 476 g/mol. The van der Waals surface area contributed by atoms with Crippen LogP contribution in [0.25, 0.3) is 6.08 Å². The van der Waals surface area contributed by atoms with Gasteiger partial charge in [0.05, 0.1) is 16.4 Å². The number of nitrogens with zero attached hydrogens (tertiary/aromatic N) is 2. The number of carbonyl (C=O) groups is 2. The van der Waals surface area contributed by atoms with Gasteiger partial charge in [0.15, 0.2) is 0 Å². The molecular formula is C25H20N2O6S. The third kappa shape index (κ3) is 5.81. The number of nitro groups is 1. The summed E-state index contributed by atoms with van der Waals surface area (Å²) >= 11 is 0.895. The fourth-order valence-corrected chi connectivity index (χ4v) is 4.07. The minimum Gasteiger partial charge on any atom is -0.492 e. The van der Waals surface area contributed by atoms with Crippen molar-refractivity contribution < 1.29 is 24.0 Å². The Kier molecular flexibility index (Phi) is 7.24. The Labute approximate surface area is 199 Å². The van der Waals surface area contributed by atoms with E-state index in [1.807, 2.05) is 30.3 Å². The topological polar surface area (TPSA) is 99.0 Å². The van der Waals surface area contributed by atoms with E-state index in [4.69, 9.17) is 9.47 Å². The van der Waals surface area contributed by atoms with Crippen molar-refractivity contribution in [1.82, 2.24) is 4.90 Å². The number of hydrogen-bond acceptors (Lipinski definition) is 7. The smallest absolute Gasteiger partial charge is 0.293 e. The Morgan fingerprint density at radius 3 is 2.38 bits per heavy atom. The fourth-order valence-electron chi connectivity index (χ4n) is 3.20. The first-order valence-corrected chi connectivity index (χ1v) is 11.2. The molecule has 9 heteroatoms. The number of nitro benzene ring substituents is 1. The van der Waals surface area contributed by atoms with E-state index >= 15 is 0 Å². The Morgan fingerprint density at radius 2 is 1.65 bits per heavy atom. The van der Waals surface area contributed by atoms with Crippen LogP contribution in [0.1, 0.15) is 11.1 Å². The lowest BCUT2D eigenvalue weighted by atomic mass is 10.2. The van der Waals surface area contributed by atoms with Crippen LogP contribution < -0.4 is 9.47 Å². The number of imide groups is 1. The molecule has 0 atom stereocenters. The molecule has 1 fully saturated rings. The SMILES string of the molecule is O=C1S/C(=C\c2ccc(OCc3cccc([N+](=O)[O-])c3)cc2)C(=O)N1CCOc1ccccc1. The van der Waals surface area contributed by atoms with Crippen LogP contribution in [0, 0.1) is 10.1 Å². The summed E-state index contributed by atoms with van der Waals surface area (Å²) in [4.78, 5) is 36.9.